The van der Waals surface area contributed by atoms with Gasteiger partial charge >= 0.3 is 0 Å². The fourth-order valence-corrected chi connectivity index (χ4v) is 3.30. The van der Waals surface area contributed by atoms with Crippen LogP contribution in [0.4, 0.5) is 0 Å². The molecule has 26 heavy (non-hydrogen) atoms. The molecule has 2 aliphatic heterocycles. The summed E-state index contributed by atoms with van der Waals surface area (Å²) in [4.78, 5) is 15.0. The van der Waals surface area contributed by atoms with Crippen molar-refractivity contribution < 1.29 is 23.4 Å². The summed E-state index contributed by atoms with van der Waals surface area (Å²) in [6.45, 7) is 6.29. The van der Waals surface area contributed by atoms with Crippen LogP contribution in [0.2, 0.25) is 0 Å². The number of nitrogens with zero attached hydrogens (tertiary/aromatic N) is 1. The van der Waals surface area contributed by atoms with Gasteiger partial charge in [0.25, 0.3) is 0 Å². The van der Waals surface area contributed by atoms with Crippen molar-refractivity contribution in [2.75, 3.05) is 27.0 Å². The summed E-state index contributed by atoms with van der Waals surface area (Å²) in [5.74, 6) is 2.92. The van der Waals surface area contributed by atoms with Crippen LogP contribution >= 0.6 is 0 Å². The van der Waals surface area contributed by atoms with Crippen LogP contribution in [0.5, 0.6) is 11.5 Å². The number of hydrogen-bond donors (Lipinski definition) is 0. The summed E-state index contributed by atoms with van der Waals surface area (Å²) in [5, 5.41) is 0. The summed E-state index contributed by atoms with van der Waals surface area (Å²) in [5.41, 5.74) is 2.36. The van der Waals surface area contributed by atoms with E-state index in [1.807, 2.05) is 32.0 Å². The topological polar surface area (TPSA) is 61.1 Å². The maximum absolute atomic E-state index is 12.9. The Hall–Kier alpha value is -2.57. The summed E-state index contributed by atoms with van der Waals surface area (Å²) in [7, 11) is 1.68. The molecular weight excluding hydrogens is 334 g/mol. The lowest BCUT2D eigenvalue weighted by Gasteiger charge is -2.29. The monoisotopic (exact) mass is 355 g/mol. The highest BCUT2D eigenvalue weighted by molar-refractivity contribution is 6.15. The first-order chi connectivity index (χ1) is 12.6. The van der Waals surface area contributed by atoms with Gasteiger partial charge in [-0.3, -0.25) is 9.69 Å². The molecule has 0 radical (unpaired) electrons. The molecule has 4 rings (SSSR count). The van der Waals surface area contributed by atoms with E-state index >= 15 is 0 Å². The third-order valence-electron chi connectivity index (χ3n) is 4.63. The van der Waals surface area contributed by atoms with E-state index in [-0.39, 0.29) is 11.5 Å². The van der Waals surface area contributed by atoms with Gasteiger partial charge in [-0.1, -0.05) is 0 Å². The standard InChI is InChI=1S/C20H21NO5/c1-12-8-16-15(10-21(11-24-16)6-7-23-3)20-18(12)19(22)17(26-20)9-14-5-4-13(2)25-14/h4-5,8-9H,6-7,10-11H2,1-3H3/b17-9-. The molecule has 0 atom stereocenters. The first kappa shape index (κ1) is 16.9. The molecule has 3 heterocycles. The Bertz CT molecular complexity index is 896. The number of Topliss-reactive ketones (excluding diaryl/α,β-unsaturated/α-hetero) is 1. The average molecular weight is 355 g/mol. The van der Waals surface area contributed by atoms with E-state index in [0.717, 1.165) is 29.2 Å². The highest BCUT2D eigenvalue weighted by atomic mass is 16.5. The Morgan fingerprint density at radius 2 is 2.15 bits per heavy atom. The molecule has 0 unspecified atom stereocenters. The maximum Gasteiger partial charge on any atom is 0.232 e. The van der Waals surface area contributed by atoms with E-state index in [0.29, 0.717) is 37.0 Å². The third-order valence-corrected chi connectivity index (χ3v) is 4.63. The summed E-state index contributed by atoms with van der Waals surface area (Å²) in [6.07, 6.45) is 1.65. The lowest BCUT2D eigenvalue weighted by Crippen LogP contribution is -2.34. The minimum absolute atomic E-state index is 0.122. The number of benzene rings is 1. The molecule has 0 saturated carbocycles. The second-order valence-electron chi connectivity index (χ2n) is 6.58. The molecule has 2 aliphatic rings. The number of methoxy groups -OCH3 is 1. The van der Waals surface area contributed by atoms with Gasteiger partial charge in [-0.05, 0) is 37.6 Å². The summed E-state index contributed by atoms with van der Waals surface area (Å²) < 4.78 is 22.5. The van der Waals surface area contributed by atoms with Crippen LogP contribution in [0.15, 0.2) is 28.4 Å². The number of allylic oxidation sites excluding steroid dienone is 1. The predicted molar refractivity (Wildman–Crippen MR) is 95.3 cm³/mol. The van der Waals surface area contributed by atoms with Gasteiger partial charge in [0.15, 0.2) is 5.76 Å². The third kappa shape index (κ3) is 2.91. The second-order valence-corrected chi connectivity index (χ2v) is 6.58. The van der Waals surface area contributed by atoms with Gasteiger partial charge in [0.2, 0.25) is 5.78 Å². The summed E-state index contributed by atoms with van der Waals surface area (Å²) >= 11 is 0. The van der Waals surface area contributed by atoms with E-state index in [1.54, 1.807) is 13.2 Å². The lowest BCUT2D eigenvalue weighted by atomic mass is 9.99. The molecule has 0 aliphatic carbocycles. The van der Waals surface area contributed by atoms with Gasteiger partial charge in [0, 0.05) is 26.3 Å². The number of carbonyl (C=O) groups excluding carboxylic acids is 1. The van der Waals surface area contributed by atoms with Crippen molar-refractivity contribution in [3.63, 3.8) is 0 Å². The zero-order valence-electron chi connectivity index (χ0n) is 15.1. The van der Waals surface area contributed by atoms with E-state index in [4.69, 9.17) is 18.6 Å². The first-order valence-corrected chi connectivity index (χ1v) is 8.58. The van der Waals surface area contributed by atoms with Gasteiger partial charge in [0.05, 0.1) is 17.7 Å². The Balaban J connectivity index is 1.69. The highest BCUT2D eigenvalue weighted by Crippen LogP contribution is 2.44. The number of hydrogen-bond acceptors (Lipinski definition) is 6. The molecule has 6 nitrogen and oxygen atoms in total. The molecule has 136 valence electrons. The highest BCUT2D eigenvalue weighted by Gasteiger charge is 2.35. The quantitative estimate of drug-likeness (QED) is 0.784. The lowest BCUT2D eigenvalue weighted by molar-refractivity contribution is 0.0646. The molecule has 0 saturated heterocycles. The van der Waals surface area contributed by atoms with Crippen LogP contribution in [-0.2, 0) is 11.3 Å². The van der Waals surface area contributed by atoms with E-state index in [1.165, 1.54) is 0 Å². The van der Waals surface area contributed by atoms with Crippen molar-refractivity contribution in [2.24, 2.45) is 0 Å². The van der Waals surface area contributed by atoms with Gasteiger partial charge in [0.1, 0.15) is 29.8 Å². The fraction of sp³-hybridized carbons (Fsp3) is 0.350. The Labute approximate surface area is 151 Å². The smallest absolute Gasteiger partial charge is 0.232 e. The SMILES string of the molecule is COCCN1COc2cc(C)c3c(c2C1)O/C(=C\c1ccc(C)o1)C3=O. The minimum Gasteiger partial charge on any atom is -0.478 e. The van der Waals surface area contributed by atoms with E-state index < -0.39 is 0 Å². The average Bonchev–Trinajstić information content (AvgIpc) is 3.18. The fourth-order valence-electron chi connectivity index (χ4n) is 3.30. The van der Waals surface area contributed by atoms with Crippen LogP contribution < -0.4 is 9.47 Å². The van der Waals surface area contributed by atoms with E-state index in [2.05, 4.69) is 4.90 Å². The van der Waals surface area contributed by atoms with Crippen LogP contribution in [0.1, 0.15) is 33.0 Å². The molecule has 1 aromatic carbocycles. The van der Waals surface area contributed by atoms with Crippen molar-refractivity contribution in [2.45, 2.75) is 20.4 Å². The first-order valence-electron chi connectivity index (χ1n) is 8.58. The van der Waals surface area contributed by atoms with Crippen molar-refractivity contribution in [3.05, 3.63) is 52.2 Å². The minimum atomic E-state index is -0.122. The normalized spacial score (nSPS) is 17.8. The maximum atomic E-state index is 12.9. The Kier molecular flexibility index (Phi) is 4.30. The van der Waals surface area contributed by atoms with Crippen LogP contribution in [0.3, 0.4) is 0 Å². The molecule has 1 aromatic heterocycles. The number of ether oxygens (including phenoxy) is 3. The Morgan fingerprint density at radius 1 is 1.31 bits per heavy atom. The molecule has 0 N–H and O–H groups in total. The van der Waals surface area contributed by atoms with Gasteiger partial charge in [-0.15, -0.1) is 0 Å². The predicted octanol–water partition coefficient (Wildman–Crippen LogP) is 3.31. The van der Waals surface area contributed by atoms with Gasteiger partial charge in [-0.2, -0.15) is 0 Å². The second kappa shape index (κ2) is 6.63. The number of furan rings is 1. The molecular formula is C20H21NO5. The van der Waals surface area contributed by atoms with Crippen LogP contribution in [0, 0.1) is 13.8 Å². The van der Waals surface area contributed by atoms with Crippen molar-refractivity contribution >= 4 is 11.9 Å². The number of carbonyl (C=O) groups is 1. The zero-order chi connectivity index (χ0) is 18.3. The van der Waals surface area contributed by atoms with Crippen LogP contribution in [-0.4, -0.2) is 37.7 Å². The summed E-state index contributed by atoms with van der Waals surface area (Å²) in [6, 6.07) is 5.59. The van der Waals surface area contributed by atoms with Crippen LogP contribution in [0.25, 0.3) is 6.08 Å². The molecule has 0 fully saturated rings. The van der Waals surface area contributed by atoms with Crippen molar-refractivity contribution in [1.29, 1.82) is 0 Å². The van der Waals surface area contributed by atoms with Gasteiger partial charge < -0.3 is 18.6 Å². The van der Waals surface area contributed by atoms with Crippen molar-refractivity contribution in [1.82, 2.24) is 4.90 Å². The molecule has 2 aromatic rings. The molecule has 6 heteroatoms. The van der Waals surface area contributed by atoms with E-state index in [9.17, 15) is 4.79 Å². The molecule has 0 bridgehead atoms. The number of ketones is 1. The largest absolute Gasteiger partial charge is 0.478 e. The van der Waals surface area contributed by atoms with Gasteiger partial charge in [-0.25, -0.2) is 0 Å². The molecule has 0 amide bonds. The van der Waals surface area contributed by atoms with Crippen molar-refractivity contribution in [3.8, 4) is 11.5 Å². The Morgan fingerprint density at radius 3 is 2.88 bits per heavy atom. The zero-order valence-corrected chi connectivity index (χ0v) is 15.1. The number of rotatable bonds is 4. The molecule has 0 spiro atoms. The number of aryl methyl sites for hydroxylation is 2. The number of fused-ring (bicyclic) bond motifs is 3.